The monoisotopic (exact) mass is 314 g/mol. The van der Waals surface area contributed by atoms with Gasteiger partial charge in [0.25, 0.3) is 0 Å². The van der Waals surface area contributed by atoms with Gasteiger partial charge in [-0.2, -0.15) is 0 Å². The zero-order valence-corrected chi connectivity index (χ0v) is 12.6. The van der Waals surface area contributed by atoms with Crippen LogP contribution in [0.25, 0.3) is 0 Å². The fraction of sp³-hybridized carbons (Fsp3) is 0.312. The number of methoxy groups -OCH3 is 1. The molecule has 1 saturated heterocycles. The van der Waals surface area contributed by atoms with E-state index in [1.807, 2.05) is 6.07 Å². The van der Waals surface area contributed by atoms with Crippen LogP contribution in [0.15, 0.2) is 36.0 Å². The van der Waals surface area contributed by atoms with Gasteiger partial charge in [0.05, 0.1) is 13.5 Å². The Labute approximate surface area is 133 Å². The van der Waals surface area contributed by atoms with Crippen molar-refractivity contribution in [3.63, 3.8) is 0 Å². The zero-order chi connectivity index (χ0) is 16.4. The maximum Gasteiger partial charge on any atom is 0.396 e. The third-order valence-corrected chi connectivity index (χ3v) is 3.78. The maximum atomic E-state index is 12.2. The number of esters is 1. The van der Waals surface area contributed by atoms with Gasteiger partial charge < -0.3 is 10.1 Å². The number of rotatable bonds is 4. The first-order valence-corrected chi connectivity index (χ1v) is 7.20. The molecule has 1 unspecified atom stereocenters. The number of benzene rings is 1. The molecule has 2 aliphatic rings. The van der Waals surface area contributed by atoms with Crippen molar-refractivity contribution >= 4 is 17.8 Å². The van der Waals surface area contributed by atoms with Crippen molar-refractivity contribution in [3.8, 4) is 0 Å². The highest BCUT2D eigenvalue weighted by molar-refractivity contribution is 5.97. The summed E-state index contributed by atoms with van der Waals surface area (Å²) in [6.45, 7) is 0.369. The topological polar surface area (TPSA) is 79.0 Å². The van der Waals surface area contributed by atoms with Gasteiger partial charge in [-0.3, -0.25) is 4.79 Å². The highest BCUT2D eigenvalue weighted by Crippen LogP contribution is 2.24. The Morgan fingerprint density at radius 3 is 2.78 bits per heavy atom. The van der Waals surface area contributed by atoms with Crippen LogP contribution in [0, 0.1) is 6.20 Å². The van der Waals surface area contributed by atoms with E-state index in [4.69, 9.17) is 0 Å². The number of hydrogen-bond acceptors (Lipinski definition) is 5. The molecule has 7 nitrogen and oxygen atoms in total. The van der Waals surface area contributed by atoms with Crippen LogP contribution >= 0.6 is 0 Å². The number of Topliss-reactive ketones (excluding diaryl/α,β-unsaturated/α-hetero) is 1. The summed E-state index contributed by atoms with van der Waals surface area (Å²) in [6.07, 6.45) is 3.32. The van der Waals surface area contributed by atoms with Crippen molar-refractivity contribution in [1.82, 2.24) is 15.1 Å². The Kier molecular flexibility index (Phi) is 3.95. The Morgan fingerprint density at radius 2 is 2.09 bits per heavy atom. The van der Waals surface area contributed by atoms with Gasteiger partial charge >= 0.3 is 23.9 Å². The van der Waals surface area contributed by atoms with Crippen molar-refractivity contribution < 1.29 is 19.1 Å². The average Bonchev–Trinajstić information content (AvgIpc) is 2.98. The number of ether oxygens (including phenoxy) is 1. The first kappa shape index (κ1) is 15.0. The number of nitrogens with zero attached hydrogens (tertiary/aromatic N) is 2. The van der Waals surface area contributed by atoms with E-state index in [0.29, 0.717) is 17.7 Å². The smallest absolute Gasteiger partial charge is 0.396 e. The standard InChI is InChI=1S/C16H15N3O4/c1-23-15(21)13-7-12-8-18(10-19(12)16(22)17-13)9-14(20)11-5-3-2-4-6-11/h2-6,13H,7,9-10H2,1H3/p+1. The lowest BCUT2D eigenvalue weighted by atomic mass is 10.1. The molecule has 0 bridgehead atoms. The molecule has 1 fully saturated rings. The molecule has 0 aromatic heterocycles. The molecule has 2 amide bonds. The number of carbonyl (C=O) groups is 3. The summed E-state index contributed by atoms with van der Waals surface area (Å²) in [4.78, 5) is 39.0. The lowest BCUT2D eigenvalue weighted by molar-refractivity contribution is -0.143. The summed E-state index contributed by atoms with van der Waals surface area (Å²) in [7, 11) is 1.28. The lowest BCUT2D eigenvalue weighted by Crippen LogP contribution is -2.53. The van der Waals surface area contributed by atoms with E-state index in [9.17, 15) is 14.4 Å². The summed E-state index contributed by atoms with van der Waals surface area (Å²) >= 11 is 0. The molecule has 1 atom stereocenters. The van der Waals surface area contributed by atoms with Gasteiger partial charge in [0.2, 0.25) is 0 Å². The third-order valence-electron chi connectivity index (χ3n) is 3.78. The van der Waals surface area contributed by atoms with Crippen molar-refractivity contribution in [2.75, 3.05) is 20.3 Å². The summed E-state index contributed by atoms with van der Waals surface area (Å²) in [5.41, 5.74) is 1.20. The van der Waals surface area contributed by atoms with Gasteiger partial charge in [0.15, 0.2) is 5.78 Å². The average molecular weight is 314 g/mol. The fourth-order valence-corrected chi connectivity index (χ4v) is 2.61. The molecule has 23 heavy (non-hydrogen) atoms. The van der Waals surface area contributed by atoms with Gasteiger partial charge in [0, 0.05) is 5.56 Å². The normalized spacial score (nSPS) is 19.4. The highest BCUT2D eigenvalue weighted by Gasteiger charge is 2.46. The molecule has 0 radical (unpaired) electrons. The van der Waals surface area contributed by atoms with Crippen LogP contribution in [0.2, 0.25) is 0 Å². The molecule has 1 N–H and O–H groups in total. The predicted octanol–water partition coefficient (Wildman–Crippen LogP) is 0.744. The van der Waals surface area contributed by atoms with E-state index >= 15 is 0 Å². The van der Waals surface area contributed by atoms with Gasteiger partial charge in [-0.25, -0.2) is 14.5 Å². The van der Waals surface area contributed by atoms with Crippen molar-refractivity contribution in [2.24, 2.45) is 0 Å². The molecule has 0 saturated carbocycles. The number of ketones is 1. The predicted molar refractivity (Wildman–Crippen MR) is 79.9 cm³/mol. The Morgan fingerprint density at radius 1 is 1.35 bits per heavy atom. The highest BCUT2D eigenvalue weighted by atomic mass is 16.5. The number of amides is 2. The van der Waals surface area contributed by atoms with E-state index in [0.717, 1.165) is 0 Å². The largest absolute Gasteiger partial charge is 0.467 e. The fourth-order valence-electron chi connectivity index (χ4n) is 2.61. The lowest BCUT2D eigenvalue weighted by Gasteiger charge is -2.25. The van der Waals surface area contributed by atoms with Crippen molar-refractivity contribution in [2.45, 2.75) is 12.5 Å². The van der Waals surface area contributed by atoms with Gasteiger partial charge in [-0.15, -0.1) is 4.90 Å². The summed E-state index contributed by atoms with van der Waals surface area (Å²) in [6, 6.07) is 7.85. The van der Waals surface area contributed by atoms with Crippen molar-refractivity contribution in [1.29, 1.82) is 0 Å². The quantitative estimate of drug-likeness (QED) is 0.504. The maximum absolute atomic E-state index is 12.2. The molecule has 1 aromatic rings. The molecule has 3 rings (SSSR count). The SMILES string of the molecule is COC(=O)C1CC2=[C+]N(CC(=O)c3ccccc3)CN2C(=O)N1. The van der Waals surface area contributed by atoms with Gasteiger partial charge in [-0.1, -0.05) is 30.3 Å². The minimum Gasteiger partial charge on any atom is -0.467 e. The Balaban J connectivity index is 1.69. The van der Waals surface area contributed by atoms with E-state index < -0.39 is 12.0 Å². The second-order valence-corrected chi connectivity index (χ2v) is 5.34. The zero-order valence-electron chi connectivity index (χ0n) is 12.6. The van der Waals surface area contributed by atoms with Crippen LogP contribution in [-0.4, -0.2) is 53.9 Å². The number of urea groups is 1. The Hall–Kier alpha value is -2.92. The number of carbonyl (C=O) groups excluding carboxylic acids is 3. The van der Waals surface area contributed by atoms with Crippen LogP contribution in [-0.2, 0) is 9.53 Å². The molecule has 2 aliphatic heterocycles. The van der Waals surface area contributed by atoms with Crippen LogP contribution in [0.1, 0.15) is 16.8 Å². The minimum atomic E-state index is -0.712. The minimum absolute atomic E-state index is 0.0523. The molecule has 2 heterocycles. The first-order chi connectivity index (χ1) is 11.1. The van der Waals surface area contributed by atoms with Gasteiger partial charge in [0.1, 0.15) is 19.3 Å². The van der Waals surface area contributed by atoms with Crippen LogP contribution in [0.4, 0.5) is 4.79 Å². The van der Waals surface area contributed by atoms with Gasteiger partial charge in [-0.05, 0) is 0 Å². The molecule has 0 aliphatic carbocycles. The number of hydrogen-bond donors (Lipinski definition) is 1. The summed E-state index contributed by atoms with van der Waals surface area (Å²) in [5, 5.41) is 2.58. The molecular formula is C16H16N3O4+. The van der Waals surface area contributed by atoms with E-state index in [2.05, 4.69) is 16.3 Å². The summed E-state index contributed by atoms with van der Waals surface area (Å²) < 4.78 is 4.65. The third kappa shape index (κ3) is 3.00. The first-order valence-electron chi connectivity index (χ1n) is 7.20. The molecule has 7 heteroatoms. The molecule has 1 aromatic carbocycles. The van der Waals surface area contributed by atoms with E-state index in [1.54, 1.807) is 29.2 Å². The number of nitrogens with one attached hydrogen (secondary N) is 1. The van der Waals surface area contributed by atoms with Crippen LogP contribution in [0.5, 0.6) is 0 Å². The van der Waals surface area contributed by atoms with Crippen molar-refractivity contribution in [3.05, 3.63) is 47.8 Å². The summed E-state index contributed by atoms with van der Waals surface area (Å²) in [5.74, 6) is -0.547. The molecular weight excluding hydrogens is 298 g/mol. The molecule has 118 valence electrons. The Bertz CT molecular complexity index is 671. The number of fused-ring (bicyclic) bond motifs is 1. The second-order valence-electron chi connectivity index (χ2n) is 5.34. The van der Waals surface area contributed by atoms with E-state index in [1.165, 1.54) is 12.0 Å². The van der Waals surface area contributed by atoms with Crippen LogP contribution in [0.3, 0.4) is 0 Å². The second kappa shape index (κ2) is 6.06. The van der Waals surface area contributed by atoms with E-state index in [-0.39, 0.29) is 25.0 Å². The van der Waals surface area contributed by atoms with Crippen LogP contribution < -0.4 is 5.32 Å². The molecule has 0 spiro atoms.